The first-order chi connectivity index (χ1) is 17.4. The number of nitrogens with one attached hydrogen (secondary N) is 3. The number of carbonyl (C=O) groups is 3. The average molecular weight is 493 g/mol. The van der Waals surface area contributed by atoms with Crippen LogP contribution in [0.4, 0.5) is 10.1 Å². The minimum atomic E-state index is -0.518. The van der Waals surface area contributed by atoms with Gasteiger partial charge in [0.1, 0.15) is 11.5 Å². The maximum atomic E-state index is 13.1. The van der Waals surface area contributed by atoms with Crippen LogP contribution in [-0.4, -0.2) is 83.7 Å². The summed E-state index contributed by atoms with van der Waals surface area (Å²) in [6, 6.07) is 12.2. The zero-order chi connectivity index (χ0) is 25.5. The Morgan fingerprint density at radius 1 is 0.972 bits per heavy atom. The second-order valence-electron chi connectivity index (χ2n) is 8.78. The van der Waals surface area contributed by atoms with Crippen molar-refractivity contribution in [1.82, 2.24) is 25.1 Å². The topological polar surface area (TPSA) is 110 Å². The van der Waals surface area contributed by atoms with Gasteiger partial charge in [0, 0.05) is 56.9 Å². The molecule has 36 heavy (non-hydrogen) atoms. The molecule has 9 nitrogen and oxygen atoms in total. The number of carbonyl (C=O) groups excluding carboxylic acids is 3. The molecular weight excluding hydrogens is 463 g/mol. The summed E-state index contributed by atoms with van der Waals surface area (Å²) in [5, 5.41) is 5.58. The Morgan fingerprint density at radius 2 is 1.67 bits per heavy atom. The molecule has 2 aromatic carbocycles. The van der Waals surface area contributed by atoms with Gasteiger partial charge in [0.05, 0.1) is 6.33 Å². The van der Waals surface area contributed by atoms with Gasteiger partial charge in [-0.15, -0.1) is 0 Å². The molecule has 2 amide bonds. The molecule has 0 aliphatic carbocycles. The van der Waals surface area contributed by atoms with Crippen LogP contribution in [0.15, 0.2) is 54.9 Å². The largest absolute Gasteiger partial charge is 0.349 e. The third kappa shape index (κ3) is 6.61. The number of ketones is 1. The smallest absolute Gasteiger partial charge is 0.276 e. The van der Waals surface area contributed by atoms with Gasteiger partial charge in [0.2, 0.25) is 0 Å². The number of piperazine rings is 1. The fourth-order valence-corrected chi connectivity index (χ4v) is 3.95. The third-order valence-corrected chi connectivity index (χ3v) is 6.13. The molecule has 4 rings (SSSR count). The highest BCUT2D eigenvalue weighted by Gasteiger charge is 2.21. The molecule has 0 radical (unpaired) electrons. The summed E-state index contributed by atoms with van der Waals surface area (Å²) in [4.78, 5) is 49.1. The van der Waals surface area contributed by atoms with Gasteiger partial charge in [0.15, 0.2) is 11.5 Å². The molecule has 0 spiro atoms. The van der Waals surface area contributed by atoms with Crippen LogP contribution in [0.2, 0.25) is 0 Å². The number of anilines is 1. The Labute approximate surface area is 208 Å². The Kier molecular flexibility index (Phi) is 8.19. The number of likely N-dealkylation sites (N-methyl/N-ethyl adjacent to an activating group) is 1. The average Bonchev–Trinajstić information content (AvgIpc) is 3.37. The number of nitrogens with zero attached hydrogens (tertiary/aromatic N) is 3. The fraction of sp³-hybridized carbons (Fsp3) is 0.308. The normalized spacial score (nSPS) is 14.4. The number of aromatic nitrogens is 2. The summed E-state index contributed by atoms with van der Waals surface area (Å²) in [5.74, 6) is -1.43. The van der Waals surface area contributed by atoms with E-state index in [1.165, 1.54) is 30.6 Å². The van der Waals surface area contributed by atoms with E-state index in [0.717, 1.165) is 38.3 Å². The van der Waals surface area contributed by atoms with Crippen LogP contribution in [0.1, 0.15) is 36.9 Å². The molecule has 0 bridgehead atoms. The highest BCUT2D eigenvalue weighted by molar-refractivity contribution is 6.10. The quantitative estimate of drug-likeness (QED) is 0.395. The predicted molar refractivity (Wildman–Crippen MR) is 134 cm³/mol. The van der Waals surface area contributed by atoms with Crippen LogP contribution in [0, 0.1) is 5.82 Å². The lowest BCUT2D eigenvalue weighted by atomic mass is 10.0. The minimum Gasteiger partial charge on any atom is -0.349 e. The van der Waals surface area contributed by atoms with Crippen LogP contribution in [0.5, 0.6) is 0 Å². The zero-order valence-electron chi connectivity index (χ0n) is 20.1. The summed E-state index contributed by atoms with van der Waals surface area (Å²) >= 11 is 0. The van der Waals surface area contributed by atoms with Crippen LogP contribution in [0.25, 0.3) is 0 Å². The molecule has 1 aliphatic rings. The fourth-order valence-electron chi connectivity index (χ4n) is 3.95. The Bertz CT molecular complexity index is 1200. The van der Waals surface area contributed by atoms with Gasteiger partial charge in [-0.25, -0.2) is 9.37 Å². The summed E-state index contributed by atoms with van der Waals surface area (Å²) in [6.45, 7) is 5.15. The lowest BCUT2D eigenvalue weighted by Gasteiger charge is -2.32. The van der Waals surface area contributed by atoms with Crippen LogP contribution in [0.3, 0.4) is 0 Å². The van der Waals surface area contributed by atoms with E-state index in [9.17, 15) is 18.8 Å². The number of H-pyrrole nitrogens is 1. The summed E-state index contributed by atoms with van der Waals surface area (Å²) in [6.07, 6.45) is 1.46. The lowest BCUT2D eigenvalue weighted by molar-refractivity contribution is 0.0924. The van der Waals surface area contributed by atoms with Gasteiger partial charge in [-0.2, -0.15) is 0 Å². The summed E-state index contributed by atoms with van der Waals surface area (Å²) in [7, 11) is 2.09. The van der Waals surface area contributed by atoms with Crippen molar-refractivity contribution in [2.45, 2.75) is 6.42 Å². The second-order valence-corrected chi connectivity index (χ2v) is 8.78. The van der Waals surface area contributed by atoms with Gasteiger partial charge in [-0.1, -0.05) is 12.1 Å². The van der Waals surface area contributed by atoms with Gasteiger partial charge < -0.3 is 20.5 Å². The standard InChI is InChI=1S/C26H29FN6O3/c1-32-12-14-33(15-13-32)11-10-28-25(35)23-24(30-17-29-23)26(36)31-21-8-2-18(3-9-21)16-22(34)19-4-6-20(27)7-5-19/h2-9,17H,10-16H2,1H3,(H,28,35)(H,29,30)(H,31,36). The predicted octanol–water partition coefficient (Wildman–Crippen LogP) is 2.20. The highest BCUT2D eigenvalue weighted by atomic mass is 19.1. The first-order valence-electron chi connectivity index (χ1n) is 11.8. The number of amides is 2. The molecule has 0 saturated carbocycles. The van der Waals surface area contributed by atoms with Crippen molar-refractivity contribution in [2.75, 3.05) is 51.6 Å². The molecule has 2 heterocycles. The first kappa shape index (κ1) is 25.2. The molecule has 1 fully saturated rings. The maximum Gasteiger partial charge on any atom is 0.276 e. The number of imidazole rings is 1. The van der Waals surface area contributed by atoms with Crippen LogP contribution < -0.4 is 10.6 Å². The number of benzene rings is 2. The molecule has 1 aliphatic heterocycles. The van der Waals surface area contributed by atoms with E-state index in [0.29, 0.717) is 17.8 Å². The third-order valence-electron chi connectivity index (χ3n) is 6.13. The van der Waals surface area contributed by atoms with Crippen molar-refractivity contribution >= 4 is 23.3 Å². The van der Waals surface area contributed by atoms with E-state index in [4.69, 9.17) is 0 Å². The Morgan fingerprint density at radius 3 is 2.36 bits per heavy atom. The molecule has 188 valence electrons. The number of halogens is 1. The molecule has 10 heteroatoms. The van der Waals surface area contributed by atoms with E-state index in [2.05, 4.69) is 37.4 Å². The van der Waals surface area contributed by atoms with Gasteiger partial charge in [-0.05, 0) is 49.0 Å². The van der Waals surface area contributed by atoms with Crippen LogP contribution in [-0.2, 0) is 6.42 Å². The number of hydrogen-bond donors (Lipinski definition) is 3. The van der Waals surface area contributed by atoms with Crippen LogP contribution >= 0.6 is 0 Å². The van der Waals surface area contributed by atoms with E-state index in [1.54, 1.807) is 24.3 Å². The molecule has 0 atom stereocenters. The van der Waals surface area contributed by atoms with Gasteiger partial charge in [0.25, 0.3) is 11.8 Å². The monoisotopic (exact) mass is 492 g/mol. The summed E-state index contributed by atoms with van der Waals surface area (Å²) in [5.41, 5.74) is 1.79. The molecule has 1 saturated heterocycles. The zero-order valence-corrected chi connectivity index (χ0v) is 20.1. The highest BCUT2D eigenvalue weighted by Crippen LogP contribution is 2.15. The van der Waals surface area contributed by atoms with E-state index < -0.39 is 11.7 Å². The lowest BCUT2D eigenvalue weighted by Crippen LogP contribution is -2.47. The molecule has 3 N–H and O–H groups in total. The van der Waals surface area contributed by atoms with Gasteiger partial charge in [-0.3, -0.25) is 19.3 Å². The Balaban J connectivity index is 1.29. The molecule has 0 unspecified atom stereocenters. The summed E-state index contributed by atoms with van der Waals surface area (Å²) < 4.78 is 13.1. The molecular formula is C26H29FN6O3. The maximum absolute atomic E-state index is 13.1. The number of aromatic amines is 1. The molecule has 1 aromatic heterocycles. The van der Waals surface area contributed by atoms with Crippen molar-refractivity contribution < 1.29 is 18.8 Å². The number of hydrogen-bond acceptors (Lipinski definition) is 6. The second kappa shape index (κ2) is 11.7. The minimum absolute atomic E-state index is 0.00246. The SMILES string of the molecule is CN1CCN(CCNC(=O)c2[nH]cnc2C(=O)Nc2ccc(CC(=O)c3ccc(F)cc3)cc2)CC1. The van der Waals surface area contributed by atoms with E-state index in [-0.39, 0.29) is 29.5 Å². The van der Waals surface area contributed by atoms with Gasteiger partial charge >= 0.3 is 0 Å². The van der Waals surface area contributed by atoms with E-state index >= 15 is 0 Å². The molecule has 3 aromatic rings. The Hall–Kier alpha value is -3.89. The van der Waals surface area contributed by atoms with Crippen molar-refractivity contribution in [1.29, 1.82) is 0 Å². The van der Waals surface area contributed by atoms with Crippen molar-refractivity contribution in [3.63, 3.8) is 0 Å². The van der Waals surface area contributed by atoms with E-state index in [1.807, 2.05) is 0 Å². The number of rotatable bonds is 9. The van der Waals surface area contributed by atoms with Crippen molar-refractivity contribution in [3.05, 3.63) is 83.2 Å². The van der Waals surface area contributed by atoms with Crippen molar-refractivity contribution in [2.24, 2.45) is 0 Å². The number of Topliss-reactive ketones (excluding diaryl/α,β-unsaturated/α-hetero) is 1. The van der Waals surface area contributed by atoms with Crippen molar-refractivity contribution in [3.8, 4) is 0 Å². The first-order valence-corrected chi connectivity index (χ1v) is 11.8.